The molecule has 57 heavy (non-hydrogen) atoms. The Hall–Kier alpha value is -4.07. The molecule has 308 valence electrons. The minimum atomic E-state index is -5.20. The summed E-state index contributed by atoms with van der Waals surface area (Å²) in [5.74, 6) is -7.30. The first-order chi connectivity index (χ1) is 26.9. The molecular formula is C43H50ClF3N2O7S. The van der Waals surface area contributed by atoms with E-state index < -0.39 is 86.7 Å². The summed E-state index contributed by atoms with van der Waals surface area (Å²) in [5, 5.41) is -0.741. The third-order valence-electron chi connectivity index (χ3n) is 11.7. The van der Waals surface area contributed by atoms with Crippen molar-refractivity contribution in [3.63, 3.8) is 0 Å². The molecule has 0 bridgehead atoms. The topological polar surface area (TPSA) is 141 Å². The molecule has 2 aliphatic rings. The van der Waals surface area contributed by atoms with Gasteiger partial charge in [-0.2, -0.15) is 13.2 Å². The second kappa shape index (κ2) is 18.2. The monoisotopic (exact) mass is 830 g/mol. The number of amides is 1. The Kier molecular flexibility index (Phi) is 14.1. The molecule has 3 aromatic rings. The van der Waals surface area contributed by atoms with E-state index in [1.165, 1.54) is 21.0 Å². The number of carbonyl (C=O) groups is 4. The van der Waals surface area contributed by atoms with Gasteiger partial charge in [0.05, 0.1) is 29.6 Å². The zero-order chi connectivity index (χ0) is 41.7. The van der Waals surface area contributed by atoms with E-state index in [2.05, 4.69) is 0 Å². The molecule has 0 aromatic heterocycles. The van der Waals surface area contributed by atoms with E-state index in [0.717, 1.165) is 28.9 Å². The highest BCUT2D eigenvalue weighted by atomic mass is 35.5. The lowest BCUT2D eigenvalue weighted by Crippen LogP contribution is -2.47. The third kappa shape index (κ3) is 10.3. The maximum atomic E-state index is 15.0. The van der Waals surface area contributed by atoms with E-state index in [-0.39, 0.29) is 31.6 Å². The smallest absolute Gasteiger partial charge is 0.450 e. The number of nitrogens with zero attached hydrogens (tertiary/aromatic N) is 1. The third-order valence-corrected chi connectivity index (χ3v) is 14.0. The van der Waals surface area contributed by atoms with Gasteiger partial charge in [-0.15, -0.1) is 0 Å². The molecule has 5 rings (SSSR count). The summed E-state index contributed by atoms with van der Waals surface area (Å²) in [7, 11) is -2.58. The van der Waals surface area contributed by atoms with E-state index in [1.54, 1.807) is 60.7 Å². The van der Waals surface area contributed by atoms with E-state index >= 15 is 0 Å². The molecule has 0 radical (unpaired) electrons. The number of sulfone groups is 1. The van der Waals surface area contributed by atoms with Crippen LogP contribution >= 0.6 is 11.6 Å². The number of likely N-dealkylation sites (tertiary alicyclic amines) is 1. The Bertz CT molecular complexity index is 2010. The minimum Gasteiger partial charge on any atom is -0.497 e. The summed E-state index contributed by atoms with van der Waals surface area (Å²) >= 11 is 6.19. The number of Topliss-reactive ketones (excluding diaryl/α,β-unsaturated/α-hetero) is 3. The van der Waals surface area contributed by atoms with Crippen molar-refractivity contribution in [2.24, 2.45) is 23.5 Å². The molecular weight excluding hydrogens is 781 g/mol. The average Bonchev–Trinajstić information content (AvgIpc) is 3.87. The van der Waals surface area contributed by atoms with Crippen LogP contribution in [0.4, 0.5) is 13.2 Å². The lowest BCUT2D eigenvalue weighted by atomic mass is 9.72. The van der Waals surface area contributed by atoms with Gasteiger partial charge in [-0.1, -0.05) is 86.8 Å². The SMILES string of the molecule is COc1ccc(CS(=O)(=O)[C@@H]2C[C@@H](C(=O)C[C@H](C(=O)C(F)(F)F)C(C)C)N(C(=O)[C@@H](CC(=O)C3(c4ccc(Cl)cc4)CCCC3)Cc3ccc(CN)cc3)C2)cc1. The fraction of sp³-hybridized carbons (Fsp3) is 0.488. The van der Waals surface area contributed by atoms with E-state index in [0.29, 0.717) is 34.7 Å². The molecule has 0 spiro atoms. The Morgan fingerprint density at radius 1 is 0.895 bits per heavy atom. The Morgan fingerprint density at radius 2 is 1.47 bits per heavy atom. The number of ether oxygens (including phenoxy) is 1. The first-order valence-electron chi connectivity index (χ1n) is 19.2. The van der Waals surface area contributed by atoms with Gasteiger partial charge in [0.2, 0.25) is 11.7 Å². The van der Waals surface area contributed by atoms with Crippen LogP contribution in [0.5, 0.6) is 5.75 Å². The van der Waals surface area contributed by atoms with Crippen molar-refractivity contribution < 1.29 is 45.5 Å². The van der Waals surface area contributed by atoms with E-state index in [1.807, 2.05) is 12.1 Å². The van der Waals surface area contributed by atoms with Crippen molar-refractivity contribution in [2.45, 2.75) is 100 Å². The molecule has 14 heteroatoms. The summed E-state index contributed by atoms with van der Waals surface area (Å²) in [6.45, 7) is 2.67. The van der Waals surface area contributed by atoms with Crippen molar-refractivity contribution in [3.8, 4) is 5.75 Å². The van der Waals surface area contributed by atoms with Gasteiger partial charge in [-0.05, 0) is 78.1 Å². The molecule has 2 fully saturated rings. The molecule has 1 saturated carbocycles. The molecule has 3 aromatic carbocycles. The lowest BCUT2D eigenvalue weighted by molar-refractivity contribution is -0.177. The van der Waals surface area contributed by atoms with Gasteiger partial charge in [0, 0.05) is 42.8 Å². The molecule has 4 atom stereocenters. The second-order valence-electron chi connectivity index (χ2n) is 15.7. The first kappa shape index (κ1) is 44.0. The van der Waals surface area contributed by atoms with Gasteiger partial charge in [-0.3, -0.25) is 19.2 Å². The Morgan fingerprint density at radius 3 is 2.02 bits per heavy atom. The highest BCUT2D eigenvalue weighted by Gasteiger charge is 2.50. The molecule has 0 unspecified atom stereocenters. The fourth-order valence-electron chi connectivity index (χ4n) is 8.34. The molecule has 2 N–H and O–H groups in total. The van der Waals surface area contributed by atoms with Crippen LogP contribution in [0, 0.1) is 17.8 Å². The summed E-state index contributed by atoms with van der Waals surface area (Å²) in [4.78, 5) is 57.4. The summed E-state index contributed by atoms with van der Waals surface area (Å²) in [5.41, 5.74) is 7.68. The first-order valence-corrected chi connectivity index (χ1v) is 21.3. The van der Waals surface area contributed by atoms with Gasteiger partial charge >= 0.3 is 6.18 Å². The summed E-state index contributed by atoms with van der Waals surface area (Å²) in [6.07, 6.45) is -3.88. The van der Waals surface area contributed by atoms with Crippen LogP contribution < -0.4 is 10.5 Å². The number of benzene rings is 3. The number of hydrogen-bond acceptors (Lipinski definition) is 8. The number of alkyl halides is 3. The molecule has 9 nitrogen and oxygen atoms in total. The maximum Gasteiger partial charge on any atom is 0.450 e. The zero-order valence-corrected chi connectivity index (χ0v) is 34.0. The number of ketones is 3. The van der Waals surface area contributed by atoms with Crippen LogP contribution in [0.15, 0.2) is 72.8 Å². The van der Waals surface area contributed by atoms with Crippen LogP contribution in [-0.2, 0) is 53.1 Å². The number of methoxy groups -OCH3 is 1. The van der Waals surface area contributed by atoms with Crippen LogP contribution in [0.1, 0.15) is 81.0 Å². The number of halogens is 4. The molecule has 1 amide bonds. The van der Waals surface area contributed by atoms with Crippen molar-refractivity contribution in [3.05, 3.63) is 100 Å². The van der Waals surface area contributed by atoms with Crippen molar-refractivity contribution in [2.75, 3.05) is 13.7 Å². The maximum absolute atomic E-state index is 15.0. The summed E-state index contributed by atoms with van der Waals surface area (Å²) < 4.78 is 74.3. The van der Waals surface area contributed by atoms with Gasteiger partial charge in [0.15, 0.2) is 15.6 Å². The van der Waals surface area contributed by atoms with Gasteiger partial charge < -0.3 is 15.4 Å². The lowest BCUT2D eigenvalue weighted by Gasteiger charge is -2.33. The van der Waals surface area contributed by atoms with Crippen LogP contribution in [0.25, 0.3) is 0 Å². The normalized spacial score (nSPS) is 19.4. The largest absolute Gasteiger partial charge is 0.497 e. The average molecular weight is 831 g/mol. The van der Waals surface area contributed by atoms with Crippen molar-refractivity contribution >= 4 is 44.7 Å². The number of rotatable bonds is 17. The second-order valence-corrected chi connectivity index (χ2v) is 18.5. The summed E-state index contributed by atoms with van der Waals surface area (Å²) in [6, 6.07) is 19.2. The van der Waals surface area contributed by atoms with Crippen LogP contribution in [0.2, 0.25) is 5.02 Å². The van der Waals surface area contributed by atoms with Gasteiger partial charge in [0.1, 0.15) is 11.5 Å². The fourth-order valence-corrected chi connectivity index (χ4v) is 10.2. The minimum absolute atomic E-state index is 0.0635. The Balaban J connectivity index is 1.52. The molecule has 1 heterocycles. The molecule has 1 saturated heterocycles. The highest BCUT2D eigenvalue weighted by molar-refractivity contribution is 7.91. The standard InChI is InChI=1S/C43H50ClF3N2O7S/c1-27(2)36(40(52)43(45,46)47)23-38(50)37-22-35(57(54,55)26-30-10-16-34(56-3)17-11-30)25-49(37)41(53)31(20-28-6-8-29(24-48)9-7-28)21-39(51)42(18-4-5-19-42)32-12-14-33(44)15-13-32/h6-17,27,31,35-37H,4-5,18-26,48H2,1-3H3/t31-,35-,36+,37+/m1/s1. The van der Waals surface area contributed by atoms with Gasteiger partial charge in [-0.25, -0.2) is 8.42 Å². The number of hydrogen-bond donors (Lipinski definition) is 1. The van der Waals surface area contributed by atoms with Crippen LogP contribution in [-0.4, -0.2) is 67.7 Å². The van der Waals surface area contributed by atoms with Crippen LogP contribution in [0.3, 0.4) is 0 Å². The number of nitrogens with two attached hydrogens (primary N) is 1. The zero-order valence-electron chi connectivity index (χ0n) is 32.4. The number of carbonyl (C=O) groups excluding carboxylic acids is 4. The van der Waals surface area contributed by atoms with Crippen molar-refractivity contribution in [1.82, 2.24) is 4.90 Å². The van der Waals surface area contributed by atoms with Gasteiger partial charge in [0.25, 0.3) is 0 Å². The molecule has 1 aliphatic heterocycles. The highest BCUT2D eigenvalue weighted by Crippen LogP contribution is 2.44. The predicted octanol–water partition coefficient (Wildman–Crippen LogP) is 7.38. The predicted molar refractivity (Wildman–Crippen MR) is 211 cm³/mol. The molecule has 1 aliphatic carbocycles. The van der Waals surface area contributed by atoms with E-state index in [9.17, 15) is 40.8 Å². The Labute approximate surface area is 337 Å². The quantitative estimate of drug-likeness (QED) is 0.149. The van der Waals surface area contributed by atoms with Crippen molar-refractivity contribution in [1.29, 1.82) is 0 Å². The van der Waals surface area contributed by atoms with E-state index in [4.69, 9.17) is 22.1 Å².